The van der Waals surface area contributed by atoms with Gasteiger partial charge in [0.15, 0.2) is 0 Å². The Bertz CT molecular complexity index is 960. The molecule has 4 rings (SSSR count). The standard InChI is InChI=1S/C19H17ClN4O2/c20-15-7-14(18(25)17-13(15)4-2-6-23-17)16(11-3-1-5-21-8-11)24-19(26)12-9-22-10-12/h1-8,12,16,22,25H,9-10H2,(H,24,26). The van der Waals surface area contributed by atoms with Crippen LogP contribution in [0.4, 0.5) is 0 Å². The molecule has 0 radical (unpaired) electrons. The van der Waals surface area contributed by atoms with E-state index in [-0.39, 0.29) is 17.6 Å². The number of nitrogens with one attached hydrogen (secondary N) is 2. The first-order valence-corrected chi connectivity index (χ1v) is 8.70. The lowest BCUT2D eigenvalue weighted by Crippen LogP contribution is -2.51. The van der Waals surface area contributed by atoms with Crippen LogP contribution in [0.25, 0.3) is 10.9 Å². The average Bonchev–Trinajstić information content (AvgIpc) is 2.62. The van der Waals surface area contributed by atoms with Crippen molar-refractivity contribution < 1.29 is 9.90 Å². The molecule has 1 aliphatic rings. The zero-order valence-corrected chi connectivity index (χ0v) is 14.6. The third-order valence-electron chi connectivity index (χ3n) is 4.61. The molecule has 3 heterocycles. The molecule has 26 heavy (non-hydrogen) atoms. The van der Waals surface area contributed by atoms with Gasteiger partial charge < -0.3 is 15.7 Å². The number of amides is 1. The first-order chi connectivity index (χ1) is 12.6. The summed E-state index contributed by atoms with van der Waals surface area (Å²) in [5, 5.41) is 18.1. The maximum Gasteiger partial charge on any atom is 0.226 e. The number of hydrogen-bond acceptors (Lipinski definition) is 5. The second kappa shape index (κ2) is 6.90. The fourth-order valence-electron chi connectivity index (χ4n) is 3.05. The van der Waals surface area contributed by atoms with Gasteiger partial charge in [0.25, 0.3) is 0 Å². The van der Waals surface area contributed by atoms with Crippen LogP contribution in [0.5, 0.6) is 5.75 Å². The SMILES string of the molecule is O=C(NC(c1cccnc1)c1cc(Cl)c2cccnc2c1O)C1CNC1. The molecule has 2 aromatic heterocycles. The minimum absolute atomic E-state index is 0.00545. The van der Waals surface area contributed by atoms with E-state index in [1.54, 1.807) is 42.9 Å². The van der Waals surface area contributed by atoms with Crippen molar-refractivity contribution in [1.82, 2.24) is 20.6 Å². The number of nitrogens with zero attached hydrogens (tertiary/aromatic N) is 2. The number of hydrogen-bond donors (Lipinski definition) is 3. The number of fused-ring (bicyclic) bond motifs is 1. The molecule has 1 saturated heterocycles. The lowest BCUT2D eigenvalue weighted by Gasteiger charge is -2.29. The Labute approximate surface area is 155 Å². The summed E-state index contributed by atoms with van der Waals surface area (Å²) >= 11 is 6.41. The molecule has 1 amide bonds. The highest BCUT2D eigenvalue weighted by Crippen LogP contribution is 2.38. The second-order valence-corrected chi connectivity index (χ2v) is 6.69. The summed E-state index contributed by atoms with van der Waals surface area (Å²) in [5.74, 6) is -0.148. The normalized spacial score (nSPS) is 15.4. The first-order valence-electron chi connectivity index (χ1n) is 8.32. The summed E-state index contributed by atoms with van der Waals surface area (Å²) in [4.78, 5) is 20.9. The van der Waals surface area contributed by atoms with Crippen LogP contribution in [0.2, 0.25) is 5.02 Å². The molecule has 3 aromatic rings. The van der Waals surface area contributed by atoms with Crippen LogP contribution in [0.1, 0.15) is 17.2 Å². The van der Waals surface area contributed by atoms with Gasteiger partial charge in [-0.1, -0.05) is 17.7 Å². The van der Waals surface area contributed by atoms with E-state index in [0.717, 1.165) is 5.56 Å². The molecule has 1 fully saturated rings. The number of carbonyl (C=O) groups excluding carboxylic acids is 1. The second-order valence-electron chi connectivity index (χ2n) is 6.28. The third-order valence-corrected chi connectivity index (χ3v) is 4.93. The van der Waals surface area contributed by atoms with Crippen LogP contribution in [-0.2, 0) is 4.79 Å². The van der Waals surface area contributed by atoms with E-state index in [4.69, 9.17) is 11.6 Å². The Morgan fingerprint density at radius 1 is 1.31 bits per heavy atom. The maximum atomic E-state index is 12.5. The van der Waals surface area contributed by atoms with Gasteiger partial charge in [0.2, 0.25) is 5.91 Å². The molecule has 132 valence electrons. The molecule has 0 aliphatic carbocycles. The van der Waals surface area contributed by atoms with Crippen molar-refractivity contribution >= 4 is 28.4 Å². The highest BCUT2D eigenvalue weighted by Gasteiger charge is 2.29. The van der Waals surface area contributed by atoms with Crippen LogP contribution in [0, 0.1) is 5.92 Å². The van der Waals surface area contributed by atoms with Crippen LogP contribution in [-0.4, -0.2) is 34.1 Å². The number of halogens is 1. The average molecular weight is 369 g/mol. The summed E-state index contributed by atoms with van der Waals surface area (Å²) in [6.07, 6.45) is 4.92. The van der Waals surface area contributed by atoms with Crippen LogP contribution in [0.3, 0.4) is 0 Å². The lowest BCUT2D eigenvalue weighted by molar-refractivity contribution is -0.126. The predicted molar refractivity (Wildman–Crippen MR) is 99.0 cm³/mol. The minimum atomic E-state index is -0.569. The fraction of sp³-hybridized carbons (Fsp3) is 0.211. The molecule has 3 N–H and O–H groups in total. The summed E-state index contributed by atoms with van der Waals surface area (Å²) < 4.78 is 0. The molecular weight excluding hydrogens is 352 g/mol. The van der Waals surface area contributed by atoms with Gasteiger partial charge in [-0.05, 0) is 29.8 Å². The molecular formula is C19H17ClN4O2. The number of pyridine rings is 2. The first kappa shape index (κ1) is 16.8. The van der Waals surface area contributed by atoms with Crippen molar-refractivity contribution in [3.05, 3.63) is 65.1 Å². The minimum Gasteiger partial charge on any atom is -0.505 e. The molecule has 1 aromatic carbocycles. The van der Waals surface area contributed by atoms with Crippen LogP contribution >= 0.6 is 11.6 Å². The van der Waals surface area contributed by atoms with Crippen LogP contribution in [0.15, 0.2) is 48.9 Å². The summed E-state index contributed by atoms with van der Waals surface area (Å²) in [7, 11) is 0. The van der Waals surface area contributed by atoms with Crippen molar-refractivity contribution in [1.29, 1.82) is 0 Å². The van der Waals surface area contributed by atoms with Gasteiger partial charge in [0.05, 0.1) is 17.0 Å². The highest BCUT2D eigenvalue weighted by atomic mass is 35.5. The number of aromatic hydroxyl groups is 1. The topological polar surface area (TPSA) is 87.1 Å². The maximum absolute atomic E-state index is 12.5. The number of benzene rings is 1. The van der Waals surface area contributed by atoms with Gasteiger partial charge >= 0.3 is 0 Å². The Morgan fingerprint density at radius 2 is 2.12 bits per heavy atom. The molecule has 7 heteroatoms. The molecule has 0 bridgehead atoms. The van der Waals surface area contributed by atoms with E-state index in [0.29, 0.717) is 34.6 Å². The van der Waals surface area contributed by atoms with E-state index < -0.39 is 6.04 Å². The Kier molecular flexibility index (Phi) is 4.44. The molecule has 1 aliphatic heterocycles. The number of rotatable bonds is 4. The molecule has 0 saturated carbocycles. The lowest BCUT2D eigenvalue weighted by atomic mass is 9.95. The van der Waals surface area contributed by atoms with E-state index in [1.165, 1.54) is 0 Å². The van der Waals surface area contributed by atoms with E-state index in [2.05, 4.69) is 20.6 Å². The summed E-state index contributed by atoms with van der Waals surface area (Å²) in [6.45, 7) is 1.30. The monoisotopic (exact) mass is 368 g/mol. The predicted octanol–water partition coefficient (Wildman–Crippen LogP) is 2.41. The van der Waals surface area contributed by atoms with Crippen LogP contribution < -0.4 is 10.6 Å². The molecule has 1 atom stereocenters. The fourth-order valence-corrected chi connectivity index (χ4v) is 3.32. The quantitative estimate of drug-likeness (QED) is 0.658. The summed E-state index contributed by atoms with van der Waals surface area (Å²) in [6, 6.07) is 8.31. The number of carbonyl (C=O) groups is 1. The van der Waals surface area contributed by atoms with E-state index in [9.17, 15) is 9.90 Å². The molecule has 1 unspecified atom stereocenters. The van der Waals surface area contributed by atoms with Gasteiger partial charge in [-0.3, -0.25) is 14.8 Å². The Hall–Kier alpha value is -2.70. The van der Waals surface area contributed by atoms with Crippen molar-refractivity contribution in [2.45, 2.75) is 6.04 Å². The number of phenolic OH excluding ortho intramolecular Hbond substituents is 1. The number of aromatic nitrogens is 2. The molecule has 6 nitrogen and oxygen atoms in total. The van der Waals surface area contributed by atoms with Gasteiger partial charge in [-0.25, -0.2) is 0 Å². The van der Waals surface area contributed by atoms with Gasteiger partial charge in [-0.15, -0.1) is 0 Å². The van der Waals surface area contributed by atoms with E-state index >= 15 is 0 Å². The largest absolute Gasteiger partial charge is 0.505 e. The van der Waals surface area contributed by atoms with E-state index in [1.807, 2.05) is 6.07 Å². The van der Waals surface area contributed by atoms with Gasteiger partial charge in [0, 0.05) is 42.6 Å². The third kappa shape index (κ3) is 2.98. The van der Waals surface area contributed by atoms with Crippen molar-refractivity contribution in [3.8, 4) is 5.75 Å². The van der Waals surface area contributed by atoms with Crippen molar-refractivity contribution in [2.24, 2.45) is 5.92 Å². The molecule has 0 spiro atoms. The van der Waals surface area contributed by atoms with Crippen molar-refractivity contribution in [2.75, 3.05) is 13.1 Å². The Morgan fingerprint density at radius 3 is 2.81 bits per heavy atom. The summed E-state index contributed by atoms with van der Waals surface area (Å²) in [5.41, 5.74) is 1.66. The zero-order chi connectivity index (χ0) is 18.1. The van der Waals surface area contributed by atoms with Gasteiger partial charge in [0.1, 0.15) is 11.3 Å². The zero-order valence-electron chi connectivity index (χ0n) is 13.8. The number of phenols is 1. The van der Waals surface area contributed by atoms with Crippen molar-refractivity contribution in [3.63, 3.8) is 0 Å². The Balaban J connectivity index is 1.82. The highest BCUT2D eigenvalue weighted by molar-refractivity contribution is 6.35. The van der Waals surface area contributed by atoms with Gasteiger partial charge in [-0.2, -0.15) is 0 Å². The smallest absolute Gasteiger partial charge is 0.226 e.